The third-order valence-electron chi connectivity index (χ3n) is 3.90. The summed E-state index contributed by atoms with van der Waals surface area (Å²) in [5.41, 5.74) is 7.44. The summed E-state index contributed by atoms with van der Waals surface area (Å²) in [6.07, 6.45) is 0. The van der Waals surface area contributed by atoms with Crippen LogP contribution in [0, 0.1) is 6.92 Å². The van der Waals surface area contributed by atoms with Gasteiger partial charge in [-0.25, -0.2) is 0 Å². The molecular weight excluding hydrogens is 394 g/mol. The Bertz CT molecular complexity index is 885. The first kappa shape index (κ1) is 21.7. The molecule has 0 aliphatic carbocycles. The Labute approximate surface area is 174 Å². The van der Waals surface area contributed by atoms with Crippen LogP contribution in [0.5, 0.6) is 5.75 Å². The molecular formula is C20H23N3O3S2. The second-order valence-corrected chi connectivity index (χ2v) is 7.39. The summed E-state index contributed by atoms with van der Waals surface area (Å²) in [5, 5.41) is 16.7. The molecule has 3 N–H and O–H groups in total. The lowest BCUT2D eigenvalue weighted by Gasteiger charge is -2.12. The number of carboxylic acid groups (broad SMARTS) is 1. The van der Waals surface area contributed by atoms with Gasteiger partial charge in [0.2, 0.25) is 0 Å². The van der Waals surface area contributed by atoms with Gasteiger partial charge in [0.15, 0.2) is 5.11 Å². The topological polar surface area (TPSA) is 83.0 Å². The lowest BCUT2D eigenvalue weighted by atomic mass is 10.1. The molecule has 0 aromatic heterocycles. The fourth-order valence-corrected chi connectivity index (χ4v) is 3.31. The molecule has 0 unspecified atom stereocenters. The largest absolute Gasteiger partial charge is 0.496 e. The van der Waals surface area contributed by atoms with Crippen molar-refractivity contribution in [1.29, 1.82) is 0 Å². The number of rotatable bonds is 8. The number of methoxy groups -OCH3 is 1. The predicted molar refractivity (Wildman–Crippen MR) is 120 cm³/mol. The minimum absolute atomic E-state index is 0.0425. The number of carboxylic acids is 1. The molecule has 0 fully saturated rings. The van der Waals surface area contributed by atoms with Crippen LogP contribution in [-0.2, 0) is 10.5 Å². The first-order valence-electron chi connectivity index (χ1n) is 8.54. The molecule has 0 aliphatic rings. The maximum atomic E-state index is 10.7. The van der Waals surface area contributed by atoms with Gasteiger partial charge < -0.3 is 15.2 Å². The minimum Gasteiger partial charge on any atom is -0.496 e. The monoisotopic (exact) mass is 417 g/mol. The number of aryl methyl sites for hydroxylation is 1. The first-order valence-corrected chi connectivity index (χ1v) is 10.1. The van der Waals surface area contributed by atoms with Crippen molar-refractivity contribution >= 4 is 46.5 Å². The Morgan fingerprint density at radius 3 is 2.71 bits per heavy atom. The van der Waals surface area contributed by atoms with Crippen molar-refractivity contribution in [2.75, 3.05) is 18.2 Å². The number of anilines is 1. The number of thiocarbonyl (C=S) groups is 1. The summed E-state index contributed by atoms with van der Waals surface area (Å²) in [4.78, 5) is 10.7. The highest BCUT2D eigenvalue weighted by atomic mass is 32.2. The Balaban J connectivity index is 2.05. The molecule has 148 valence electrons. The van der Waals surface area contributed by atoms with Gasteiger partial charge in [0.05, 0.1) is 18.6 Å². The van der Waals surface area contributed by atoms with Gasteiger partial charge in [-0.15, -0.1) is 11.8 Å². The zero-order valence-corrected chi connectivity index (χ0v) is 17.6. The molecule has 0 saturated heterocycles. The fourth-order valence-electron chi connectivity index (χ4n) is 2.43. The van der Waals surface area contributed by atoms with E-state index in [1.54, 1.807) is 7.11 Å². The number of hydrogen-bond donors (Lipinski definition) is 3. The standard InChI is InChI=1S/C20H23N3O3S2/c1-13-6-4-5-7-17(13)21-20(27)23-22-14(2)15-8-9-18(26-3)16(10-15)11-28-12-19(24)25/h4-10H,11-12H2,1-3H3,(H,24,25)(H2,21,23,27)/b22-14-. The van der Waals surface area contributed by atoms with E-state index in [-0.39, 0.29) is 5.75 Å². The van der Waals surface area contributed by atoms with Crippen molar-refractivity contribution in [3.8, 4) is 5.75 Å². The van der Waals surface area contributed by atoms with E-state index in [1.807, 2.05) is 56.3 Å². The molecule has 2 aromatic rings. The summed E-state index contributed by atoms with van der Waals surface area (Å²) in [5.74, 6) is 0.467. The van der Waals surface area contributed by atoms with Crippen molar-refractivity contribution in [1.82, 2.24) is 5.43 Å². The summed E-state index contributed by atoms with van der Waals surface area (Å²) < 4.78 is 5.37. The molecule has 0 atom stereocenters. The zero-order chi connectivity index (χ0) is 20.5. The van der Waals surface area contributed by atoms with Gasteiger partial charge in [0.1, 0.15) is 5.75 Å². The van der Waals surface area contributed by atoms with E-state index >= 15 is 0 Å². The highest BCUT2D eigenvalue weighted by Gasteiger charge is 2.08. The number of ether oxygens (including phenoxy) is 1. The van der Waals surface area contributed by atoms with Gasteiger partial charge in [0.25, 0.3) is 0 Å². The molecule has 0 radical (unpaired) electrons. The SMILES string of the molecule is COc1ccc(/C(C)=N\NC(=S)Nc2ccccc2C)cc1CSCC(=O)O. The summed E-state index contributed by atoms with van der Waals surface area (Å²) in [6.45, 7) is 3.88. The van der Waals surface area contributed by atoms with E-state index < -0.39 is 5.97 Å². The number of aliphatic carboxylic acids is 1. The van der Waals surface area contributed by atoms with Crippen LogP contribution in [-0.4, -0.2) is 34.8 Å². The van der Waals surface area contributed by atoms with Crippen LogP contribution >= 0.6 is 24.0 Å². The summed E-state index contributed by atoms with van der Waals surface area (Å²) in [7, 11) is 1.60. The van der Waals surface area contributed by atoms with E-state index in [2.05, 4.69) is 15.8 Å². The molecule has 6 nitrogen and oxygen atoms in total. The van der Waals surface area contributed by atoms with Crippen molar-refractivity contribution in [2.45, 2.75) is 19.6 Å². The highest BCUT2D eigenvalue weighted by molar-refractivity contribution is 7.99. The number of nitrogens with one attached hydrogen (secondary N) is 2. The van der Waals surface area contributed by atoms with Crippen LogP contribution < -0.4 is 15.5 Å². The average Bonchev–Trinajstić information content (AvgIpc) is 2.67. The average molecular weight is 418 g/mol. The van der Waals surface area contributed by atoms with Crippen LogP contribution in [0.15, 0.2) is 47.6 Å². The third-order valence-corrected chi connectivity index (χ3v) is 5.06. The van der Waals surface area contributed by atoms with Crippen molar-refractivity contribution < 1.29 is 14.6 Å². The number of benzene rings is 2. The van der Waals surface area contributed by atoms with E-state index in [1.165, 1.54) is 11.8 Å². The zero-order valence-electron chi connectivity index (χ0n) is 16.0. The third kappa shape index (κ3) is 6.54. The van der Waals surface area contributed by atoms with Gasteiger partial charge in [-0.1, -0.05) is 18.2 Å². The molecule has 28 heavy (non-hydrogen) atoms. The van der Waals surface area contributed by atoms with Crippen LogP contribution in [0.4, 0.5) is 5.69 Å². The molecule has 0 amide bonds. The van der Waals surface area contributed by atoms with Gasteiger partial charge in [-0.3, -0.25) is 10.2 Å². The molecule has 0 bridgehead atoms. The smallest absolute Gasteiger partial charge is 0.313 e. The predicted octanol–water partition coefficient (Wildman–Crippen LogP) is 4.03. The highest BCUT2D eigenvalue weighted by Crippen LogP contribution is 2.25. The quantitative estimate of drug-likeness (QED) is 0.340. The van der Waals surface area contributed by atoms with E-state index in [0.717, 1.165) is 33.8 Å². The number of hydrazone groups is 1. The molecule has 2 aromatic carbocycles. The van der Waals surface area contributed by atoms with Gasteiger partial charge in [-0.2, -0.15) is 5.10 Å². The number of thioether (sulfide) groups is 1. The Morgan fingerprint density at radius 1 is 1.29 bits per heavy atom. The second-order valence-electron chi connectivity index (χ2n) is 5.99. The van der Waals surface area contributed by atoms with Gasteiger partial charge in [-0.05, 0) is 61.5 Å². The fraction of sp³-hybridized carbons (Fsp3) is 0.250. The molecule has 0 spiro atoms. The normalized spacial score (nSPS) is 11.0. The van der Waals surface area contributed by atoms with Gasteiger partial charge >= 0.3 is 5.97 Å². The van der Waals surface area contributed by atoms with E-state index in [0.29, 0.717) is 10.9 Å². The Morgan fingerprint density at radius 2 is 2.04 bits per heavy atom. The van der Waals surface area contributed by atoms with Crippen LogP contribution in [0.2, 0.25) is 0 Å². The Kier molecular flexibility index (Phi) is 8.28. The molecule has 2 rings (SSSR count). The molecule has 8 heteroatoms. The lowest BCUT2D eigenvalue weighted by molar-refractivity contribution is -0.133. The molecule has 0 aliphatic heterocycles. The maximum absolute atomic E-state index is 10.7. The van der Waals surface area contributed by atoms with Crippen molar-refractivity contribution in [3.05, 3.63) is 59.2 Å². The van der Waals surface area contributed by atoms with E-state index in [9.17, 15) is 4.79 Å². The number of hydrogen-bond acceptors (Lipinski definition) is 5. The van der Waals surface area contributed by atoms with Crippen LogP contribution in [0.25, 0.3) is 0 Å². The van der Waals surface area contributed by atoms with Crippen molar-refractivity contribution in [3.63, 3.8) is 0 Å². The van der Waals surface area contributed by atoms with E-state index in [4.69, 9.17) is 22.1 Å². The molecule has 0 saturated carbocycles. The summed E-state index contributed by atoms with van der Waals surface area (Å²) >= 11 is 6.62. The number of carbonyl (C=O) groups is 1. The maximum Gasteiger partial charge on any atom is 0.313 e. The van der Waals surface area contributed by atoms with Crippen molar-refractivity contribution in [2.24, 2.45) is 5.10 Å². The minimum atomic E-state index is -0.836. The van der Waals surface area contributed by atoms with Crippen LogP contribution in [0.1, 0.15) is 23.6 Å². The van der Waals surface area contributed by atoms with Crippen LogP contribution in [0.3, 0.4) is 0 Å². The number of nitrogens with zero attached hydrogens (tertiary/aromatic N) is 1. The second kappa shape index (κ2) is 10.7. The number of para-hydroxylation sites is 1. The molecule has 0 heterocycles. The van der Waals surface area contributed by atoms with Gasteiger partial charge in [0, 0.05) is 17.0 Å². The lowest BCUT2D eigenvalue weighted by Crippen LogP contribution is -2.25. The first-order chi connectivity index (χ1) is 13.4. The Hall–Kier alpha value is -2.58. The summed E-state index contributed by atoms with van der Waals surface area (Å²) in [6, 6.07) is 13.6.